The smallest absolute Gasteiger partial charge is 0.284 e. The molecule has 1 heterocycles. The molecule has 1 fully saturated rings. The number of hydrogen-bond acceptors (Lipinski definition) is 4. The fraction of sp³-hybridized carbons (Fsp3) is 0.286. The van der Waals surface area contributed by atoms with Crippen molar-refractivity contribution in [2.75, 3.05) is 20.0 Å². The summed E-state index contributed by atoms with van der Waals surface area (Å²) in [6.07, 6.45) is 2.96. The van der Waals surface area contributed by atoms with E-state index in [1.54, 1.807) is 13.0 Å². The van der Waals surface area contributed by atoms with E-state index in [0.29, 0.717) is 6.54 Å². The third-order valence-corrected chi connectivity index (χ3v) is 3.63. The minimum Gasteiger partial charge on any atom is -0.340 e. The predicted octanol–water partition coefficient (Wildman–Crippen LogP) is 2.11. The number of carbonyl (C=O) groups excluding carboxylic acids is 1. The van der Waals surface area contributed by atoms with E-state index in [1.165, 1.54) is 11.0 Å². The number of nitro groups is 1. The molecule has 0 spiro atoms. The van der Waals surface area contributed by atoms with Crippen LogP contribution in [0.25, 0.3) is 6.08 Å². The van der Waals surface area contributed by atoms with Crippen LogP contribution in [0.3, 0.4) is 0 Å². The Morgan fingerprint density at radius 2 is 2.13 bits per heavy atom. The third-order valence-electron chi connectivity index (χ3n) is 3.10. The van der Waals surface area contributed by atoms with Crippen molar-refractivity contribution in [2.24, 2.45) is 5.10 Å². The molecule has 1 aromatic carbocycles. The quantitative estimate of drug-likeness (QED) is 0.452. The summed E-state index contributed by atoms with van der Waals surface area (Å²) < 4.78 is 6.21. The highest BCUT2D eigenvalue weighted by molar-refractivity contribution is 9.10. The summed E-state index contributed by atoms with van der Waals surface area (Å²) in [5, 5.41) is 13.2. The van der Waals surface area contributed by atoms with Gasteiger partial charge in [-0.1, -0.05) is 28.1 Å². The maximum absolute atomic E-state index is 12.3. The van der Waals surface area contributed by atoms with Gasteiger partial charge in [-0.3, -0.25) is 4.79 Å². The SMILES string of the molecule is CCN1COCN(C(=O)/C=C/c2ccc(Br)cc2)/C1=N/[N+](=O)[O-]. The first-order chi connectivity index (χ1) is 11.0. The molecule has 8 nitrogen and oxygen atoms in total. The van der Waals surface area contributed by atoms with E-state index >= 15 is 0 Å². The Labute approximate surface area is 141 Å². The molecule has 23 heavy (non-hydrogen) atoms. The van der Waals surface area contributed by atoms with Crippen molar-refractivity contribution in [3.63, 3.8) is 0 Å². The van der Waals surface area contributed by atoms with E-state index < -0.39 is 10.9 Å². The number of rotatable bonds is 4. The van der Waals surface area contributed by atoms with Gasteiger partial charge in [0.1, 0.15) is 18.6 Å². The molecule has 1 aromatic rings. The zero-order chi connectivity index (χ0) is 16.8. The Balaban J connectivity index is 2.18. The number of ether oxygens (including phenoxy) is 1. The van der Waals surface area contributed by atoms with Crippen molar-refractivity contribution in [3.05, 3.63) is 50.5 Å². The summed E-state index contributed by atoms with van der Waals surface area (Å²) in [4.78, 5) is 25.7. The summed E-state index contributed by atoms with van der Waals surface area (Å²) in [6, 6.07) is 7.38. The van der Waals surface area contributed by atoms with Crippen molar-refractivity contribution in [2.45, 2.75) is 6.92 Å². The van der Waals surface area contributed by atoms with Gasteiger partial charge in [0.05, 0.1) is 0 Å². The topological polar surface area (TPSA) is 88.3 Å². The Morgan fingerprint density at radius 1 is 1.43 bits per heavy atom. The van der Waals surface area contributed by atoms with Gasteiger partial charge in [0, 0.05) is 17.1 Å². The van der Waals surface area contributed by atoms with Crippen molar-refractivity contribution >= 4 is 33.9 Å². The molecule has 0 N–H and O–H groups in total. The minimum atomic E-state index is -0.817. The van der Waals surface area contributed by atoms with Crippen LogP contribution in [0.1, 0.15) is 12.5 Å². The van der Waals surface area contributed by atoms with Gasteiger partial charge >= 0.3 is 0 Å². The first kappa shape index (κ1) is 17.1. The third kappa shape index (κ3) is 4.60. The van der Waals surface area contributed by atoms with Gasteiger partial charge in [0.25, 0.3) is 11.9 Å². The summed E-state index contributed by atoms with van der Waals surface area (Å²) in [6.45, 7) is 2.31. The van der Waals surface area contributed by atoms with Crippen LogP contribution >= 0.6 is 15.9 Å². The van der Waals surface area contributed by atoms with Gasteiger partial charge in [-0.2, -0.15) is 0 Å². The number of carbonyl (C=O) groups is 1. The van der Waals surface area contributed by atoms with Crippen LogP contribution in [0, 0.1) is 10.1 Å². The van der Waals surface area contributed by atoms with E-state index in [2.05, 4.69) is 21.0 Å². The lowest BCUT2D eigenvalue weighted by atomic mass is 10.2. The molecule has 0 aliphatic carbocycles. The van der Waals surface area contributed by atoms with Crippen LogP contribution in [0.2, 0.25) is 0 Å². The van der Waals surface area contributed by atoms with Gasteiger partial charge in [-0.25, -0.2) is 15.0 Å². The zero-order valence-electron chi connectivity index (χ0n) is 12.4. The number of amides is 1. The lowest BCUT2D eigenvalue weighted by molar-refractivity contribution is -0.486. The predicted molar refractivity (Wildman–Crippen MR) is 87.7 cm³/mol. The molecule has 0 saturated carbocycles. The summed E-state index contributed by atoms with van der Waals surface area (Å²) in [5.74, 6) is -0.458. The van der Waals surface area contributed by atoms with Crippen molar-refractivity contribution < 1.29 is 14.6 Å². The van der Waals surface area contributed by atoms with Crippen LogP contribution < -0.4 is 0 Å². The summed E-state index contributed by atoms with van der Waals surface area (Å²) >= 11 is 3.33. The molecule has 2 rings (SSSR count). The number of hydrogen-bond donors (Lipinski definition) is 0. The second kappa shape index (κ2) is 7.84. The second-order valence-corrected chi connectivity index (χ2v) is 5.52. The largest absolute Gasteiger partial charge is 0.340 e. The molecule has 1 aliphatic heterocycles. The van der Waals surface area contributed by atoms with E-state index in [4.69, 9.17) is 4.74 Å². The van der Waals surface area contributed by atoms with E-state index in [9.17, 15) is 14.9 Å². The Morgan fingerprint density at radius 3 is 2.74 bits per heavy atom. The van der Waals surface area contributed by atoms with Crippen LogP contribution in [0.5, 0.6) is 0 Å². The van der Waals surface area contributed by atoms with Crippen LogP contribution in [0.4, 0.5) is 0 Å². The maximum atomic E-state index is 12.3. The molecule has 0 aromatic heterocycles. The molecule has 0 atom stereocenters. The zero-order valence-corrected chi connectivity index (χ0v) is 14.0. The summed E-state index contributed by atoms with van der Waals surface area (Å²) in [5.41, 5.74) is 0.833. The monoisotopic (exact) mass is 382 g/mol. The molecule has 0 unspecified atom stereocenters. The molecular formula is C14H15BrN4O4. The molecule has 1 aliphatic rings. The normalized spacial score (nSPS) is 17.0. The maximum Gasteiger partial charge on any atom is 0.284 e. The Bertz CT molecular complexity index is 645. The molecule has 1 amide bonds. The van der Waals surface area contributed by atoms with Crippen LogP contribution in [-0.4, -0.2) is 46.7 Å². The Kier molecular flexibility index (Phi) is 5.83. The van der Waals surface area contributed by atoms with Gasteiger partial charge in [-0.05, 0) is 30.7 Å². The highest BCUT2D eigenvalue weighted by Gasteiger charge is 2.30. The fourth-order valence-electron chi connectivity index (χ4n) is 1.95. The van der Waals surface area contributed by atoms with E-state index in [0.717, 1.165) is 14.9 Å². The molecule has 0 radical (unpaired) electrons. The van der Waals surface area contributed by atoms with Gasteiger partial charge in [-0.15, -0.1) is 0 Å². The average Bonchev–Trinajstić information content (AvgIpc) is 2.53. The van der Waals surface area contributed by atoms with Crippen molar-refractivity contribution in [3.8, 4) is 0 Å². The molecular weight excluding hydrogens is 368 g/mol. The van der Waals surface area contributed by atoms with Gasteiger partial charge < -0.3 is 9.64 Å². The van der Waals surface area contributed by atoms with Gasteiger partial charge in [0.15, 0.2) is 5.03 Å². The number of hydrazone groups is 1. The lowest BCUT2D eigenvalue weighted by Gasteiger charge is -2.34. The molecule has 9 heteroatoms. The van der Waals surface area contributed by atoms with Crippen LogP contribution in [0.15, 0.2) is 39.9 Å². The highest BCUT2D eigenvalue weighted by atomic mass is 79.9. The molecule has 1 saturated heterocycles. The van der Waals surface area contributed by atoms with Crippen molar-refractivity contribution in [1.82, 2.24) is 9.80 Å². The first-order valence-electron chi connectivity index (χ1n) is 6.82. The lowest BCUT2D eigenvalue weighted by Crippen LogP contribution is -2.53. The second-order valence-electron chi connectivity index (χ2n) is 4.61. The molecule has 0 bridgehead atoms. The van der Waals surface area contributed by atoms with Crippen LogP contribution in [-0.2, 0) is 9.53 Å². The van der Waals surface area contributed by atoms with E-state index in [1.807, 2.05) is 24.3 Å². The number of halogens is 1. The number of nitrogens with zero attached hydrogens (tertiary/aromatic N) is 4. The fourth-order valence-corrected chi connectivity index (χ4v) is 2.21. The standard InChI is InChI=1S/C14H15BrN4O4/c1-2-17-9-23-10-18(14(17)16-19(21)22)13(20)8-5-11-3-6-12(15)7-4-11/h3-8H,2,9-10H2,1H3/b8-5+,16-14+. The molecule has 122 valence electrons. The van der Waals surface area contributed by atoms with E-state index in [-0.39, 0.29) is 19.4 Å². The average molecular weight is 383 g/mol. The first-order valence-corrected chi connectivity index (χ1v) is 7.61. The van der Waals surface area contributed by atoms with Gasteiger partial charge in [0.2, 0.25) is 0 Å². The summed E-state index contributed by atoms with van der Waals surface area (Å²) in [7, 11) is 0. The minimum absolute atomic E-state index is 0.0193. The van der Waals surface area contributed by atoms with Crippen molar-refractivity contribution in [1.29, 1.82) is 0 Å². The number of benzene rings is 1. The number of guanidine groups is 1. The Hall–Kier alpha value is -2.26. The highest BCUT2D eigenvalue weighted by Crippen LogP contribution is 2.13.